The van der Waals surface area contributed by atoms with E-state index in [-0.39, 0.29) is 12.3 Å². The Balaban J connectivity index is 2.81. The van der Waals surface area contributed by atoms with Gasteiger partial charge in [0.15, 0.2) is 0 Å². The monoisotopic (exact) mass is 272 g/mol. The fourth-order valence-corrected chi connectivity index (χ4v) is 1.38. The van der Waals surface area contributed by atoms with Gasteiger partial charge in [0.2, 0.25) is 5.91 Å². The molecule has 0 bridgehead atoms. The van der Waals surface area contributed by atoms with Crippen LogP contribution in [0.1, 0.15) is 6.42 Å². The Kier molecular flexibility index (Phi) is 3.93. The van der Waals surface area contributed by atoms with E-state index in [0.717, 1.165) is 4.47 Å². The molecule has 5 heteroatoms. The molecule has 1 aromatic rings. The molecule has 1 amide bonds. The third-order valence-electron chi connectivity index (χ3n) is 1.44. The van der Waals surface area contributed by atoms with Gasteiger partial charge in [0.25, 0.3) is 0 Å². The molecule has 0 saturated heterocycles. The molecule has 14 heavy (non-hydrogen) atoms. The Morgan fingerprint density at radius 2 is 2.36 bits per heavy atom. The van der Waals surface area contributed by atoms with Crippen LogP contribution >= 0.6 is 27.5 Å². The summed E-state index contributed by atoms with van der Waals surface area (Å²) in [5.41, 5.74) is 0.567. The molecule has 0 saturated carbocycles. The van der Waals surface area contributed by atoms with E-state index in [1.165, 1.54) is 0 Å². The van der Waals surface area contributed by atoms with E-state index in [1.54, 1.807) is 24.3 Å². The summed E-state index contributed by atoms with van der Waals surface area (Å²) < 4.78 is 0.730. The number of nitrogens with one attached hydrogen (secondary N) is 1. The lowest BCUT2D eigenvalue weighted by Gasteiger charge is -2.05. The van der Waals surface area contributed by atoms with E-state index < -0.39 is 0 Å². The van der Waals surface area contributed by atoms with Crippen molar-refractivity contribution in [2.75, 3.05) is 5.32 Å². The van der Waals surface area contributed by atoms with Gasteiger partial charge in [0.1, 0.15) is 6.42 Å². The van der Waals surface area contributed by atoms with E-state index in [1.807, 2.05) is 0 Å². The highest BCUT2D eigenvalue weighted by molar-refractivity contribution is 9.10. The lowest BCUT2D eigenvalue weighted by Crippen LogP contribution is -2.10. The molecular formula is C9H6BrClN2O. The standard InChI is InChI=1S/C9H6BrClN2O/c10-7-2-1-6(11)5-8(7)13-9(14)3-4-12/h1-2,5H,3H2,(H,13,14). The van der Waals surface area contributed by atoms with Gasteiger partial charge in [-0.3, -0.25) is 4.79 Å². The van der Waals surface area contributed by atoms with Gasteiger partial charge in [-0.25, -0.2) is 0 Å². The fraction of sp³-hybridized carbons (Fsp3) is 0.111. The highest BCUT2D eigenvalue weighted by Gasteiger charge is 2.05. The highest BCUT2D eigenvalue weighted by Crippen LogP contribution is 2.25. The van der Waals surface area contributed by atoms with Gasteiger partial charge in [0.05, 0.1) is 11.8 Å². The molecule has 0 spiro atoms. The van der Waals surface area contributed by atoms with Crippen LogP contribution in [0.2, 0.25) is 5.02 Å². The first-order chi connectivity index (χ1) is 6.63. The summed E-state index contributed by atoms with van der Waals surface area (Å²) in [5, 5.41) is 11.4. The van der Waals surface area contributed by atoms with Gasteiger partial charge in [-0.15, -0.1) is 0 Å². The molecule has 0 aliphatic rings. The Bertz CT molecular complexity index is 400. The molecule has 0 atom stereocenters. The second kappa shape index (κ2) is 4.99. The lowest BCUT2D eigenvalue weighted by molar-refractivity contribution is -0.115. The zero-order valence-electron chi connectivity index (χ0n) is 7.05. The third-order valence-corrected chi connectivity index (χ3v) is 2.37. The van der Waals surface area contributed by atoms with E-state index >= 15 is 0 Å². The first-order valence-corrected chi connectivity index (χ1v) is 4.92. The van der Waals surface area contributed by atoms with Gasteiger partial charge in [-0.1, -0.05) is 11.6 Å². The molecule has 1 aromatic carbocycles. The van der Waals surface area contributed by atoms with Gasteiger partial charge < -0.3 is 5.32 Å². The Morgan fingerprint density at radius 3 is 3.00 bits per heavy atom. The molecule has 0 heterocycles. The van der Waals surface area contributed by atoms with Crippen LogP contribution in [0.5, 0.6) is 0 Å². The summed E-state index contributed by atoms with van der Waals surface area (Å²) in [4.78, 5) is 11.1. The van der Waals surface area contributed by atoms with Crippen LogP contribution in [0.15, 0.2) is 22.7 Å². The first-order valence-electron chi connectivity index (χ1n) is 3.75. The number of carbonyl (C=O) groups excluding carboxylic acids is 1. The summed E-state index contributed by atoms with van der Waals surface area (Å²) >= 11 is 8.99. The lowest BCUT2D eigenvalue weighted by atomic mass is 10.3. The number of halogens is 2. The molecule has 0 unspecified atom stereocenters. The van der Waals surface area contributed by atoms with Crippen molar-refractivity contribution in [1.82, 2.24) is 0 Å². The van der Waals surface area contributed by atoms with Crippen LogP contribution in [0.4, 0.5) is 5.69 Å². The number of nitrogens with zero attached hydrogens (tertiary/aromatic N) is 1. The number of benzene rings is 1. The molecule has 0 aromatic heterocycles. The number of hydrogen-bond donors (Lipinski definition) is 1. The van der Waals surface area contributed by atoms with Crippen LogP contribution in [0, 0.1) is 11.3 Å². The second-order valence-electron chi connectivity index (χ2n) is 2.51. The van der Waals surface area contributed by atoms with Crippen LogP contribution < -0.4 is 5.32 Å². The molecule has 72 valence electrons. The maximum Gasteiger partial charge on any atom is 0.238 e. The molecule has 0 fully saturated rings. The van der Waals surface area contributed by atoms with E-state index in [2.05, 4.69) is 21.2 Å². The van der Waals surface area contributed by atoms with E-state index in [0.29, 0.717) is 10.7 Å². The number of amides is 1. The summed E-state index contributed by atoms with van der Waals surface area (Å²) in [6, 6.07) is 6.80. The topological polar surface area (TPSA) is 52.9 Å². The molecular weight excluding hydrogens is 267 g/mol. The average Bonchev–Trinajstić information content (AvgIpc) is 2.12. The van der Waals surface area contributed by atoms with Crippen molar-refractivity contribution < 1.29 is 4.79 Å². The largest absolute Gasteiger partial charge is 0.324 e. The van der Waals surface area contributed by atoms with E-state index in [9.17, 15) is 4.79 Å². The summed E-state index contributed by atoms with van der Waals surface area (Å²) in [7, 11) is 0. The summed E-state index contributed by atoms with van der Waals surface area (Å²) in [5.74, 6) is -0.351. The summed E-state index contributed by atoms with van der Waals surface area (Å²) in [6.07, 6.45) is -0.168. The molecule has 0 radical (unpaired) electrons. The summed E-state index contributed by atoms with van der Waals surface area (Å²) in [6.45, 7) is 0. The Hall–Kier alpha value is -1.05. The Labute approximate surface area is 94.8 Å². The predicted octanol–water partition coefficient (Wildman–Crippen LogP) is 2.95. The number of rotatable bonds is 2. The predicted molar refractivity (Wildman–Crippen MR) is 58.0 cm³/mol. The van der Waals surface area contributed by atoms with Crippen molar-refractivity contribution in [2.45, 2.75) is 6.42 Å². The van der Waals surface area contributed by atoms with Crippen molar-refractivity contribution >= 4 is 39.1 Å². The molecule has 1 N–H and O–H groups in total. The van der Waals surface area contributed by atoms with Gasteiger partial charge >= 0.3 is 0 Å². The Morgan fingerprint density at radius 1 is 1.64 bits per heavy atom. The normalized spacial score (nSPS) is 9.21. The van der Waals surface area contributed by atoms with E-state index in [4.69, 9.17) is 16.9 Å². The number of carbonyl (C=O) groups is 1. The smallest absolute Gasteiger partial charge is 0.238 e. The van der Waals surface area contributed by atoms with Crippen LogP contribution in [0.3, 0.4) is 0 Å². The van der Waals surface area contributed by atoms with Crippen LogP contribution in [-0.2, 0) is 4.79 Å². The van der Waals surface area contributed by atoms with Crippen LogP contribution in [-0.4, -0.2) is 5.91 Å². The van der Waals surface area contributed by atoms with Crippen LogP contribution in [0.25, 0.3) is 0 Å². The van der Waals surface area contributed by atoms with Gasteiger partial charge in [-0.05, 0) is 34.1 Å². The zero-order valence-corrected chi connectivity index (χ0v) is 9.39. The second-order valence-corrected chi connectivity index (χ2v) is 3.80. The SMILES string of the molecule is N#CCC(=O)Nc1cc(Cl)ccc1Br. The number of anilines is 1. The van der Waals surface area contributed by atoms with Crippen molar-refractivity contribution in [3.05, 3.63) is 27.7 Å². The number of nitriles is 1. The minimum Gasteiger partial charge on any atom is -0.324 e. The van der Waals surface area contributed by atoms with Crippen molar-refractivity contribution in [2.24, 2.45) is 0 Å². The fourth-order valence-electron chi connectivity index (χ4n) is 0.859. The minimum absolute atomic E-state index is 0.168. The maximum absolute atomic E-state index is 11.1. The zero-order chi connectivity index (χ0) is 10.6. The first kappa shape index (κ1) is 11.0. The van der Waals surface area contributed by atoms with Crippen molar-refractivity contribution in [3.8, 4) is 6.07 Å². The molecule has 0 aliphatic heterocycles. The minimum atomic E-state index is -0.351. The average molecular weight is 274 g/mol. The van der Waals surface area contributed by atoms with Crippen molar-refractivity contribution in [1.29, 1.82) is 5.26 Å². The van der Waals surface area contributed by atoms with Crippen molar-refractivity contribution in [3.63, 3.8) is 0 Å². The molecule has 1 rings (SSSR count). The third kappa shape index (κ3) is 3.02. The van der Waals surface area contributed by atoms with Gasteiger partial charge in [-0.2, -0.15) is 5.26 Å². The maximum atomic E-state index is 11.1. The molecule has 0 aliphatic carbocycles. The highest BCUT2D eigenvalue weighted by atomic mass is 79.9. The van der Waals surface area contributed by atoms with Gasteiger partial charge in [0, 0.05) is 9.50 Å². The molecule has 3 nitrogen and oxygen atoms in total. The quantitative estimate of drug-likeness (QED) is 0.900. The number of hydrogen-bond acceptors (Lipinski definition) is 2.